The number of hydrogen-bond acceptors (Lipinski definition) is 19. The third kappa shape index (κ3) is 28.0. The molecule has 0 amide bonds. The van der Waals surface area contributed by atoms with Gasteiger partial charge < -0.3 is 75.0 Å². The van der Waals surface area contributed by atoms with E-state index >= 15 is 0 Å². The van der Waals surface area contributed by atoms with E-state index in [0.29, 0.717) is 37.2 Å². The first-order chi connectivity index (χ1) is 64.5. The molecule has 0 saturated carbocycles. The zero-order valence-corrected chi connectivity index (χ0v) is 89.2. The van der Waals surface area contributed by atoms with Crippen molar-refractivity contribution in [2.24, 2.45) is 0 Å². The average molecular weight is 2550 g/mol. The molecule has 4 aromatic heterocycles. The van der Waals surface area contributed by atoms with Crippen LogP contribution in [-0.4, -0.2) is 151 Å². The van der Waals surface area contributed by atoms with E-state index in [9.17, 15) is 0 Å². The van der Waals surface area contributed by atoms with Gasteiger partial charge in [-0.1, -0.05) is 206 Å². The van der Waals surface area contributed by atoms with Crippen molar-refractivity contribution in [1.82, 2.24) is 39.9 Å². The molecule has 0 saturated heterocycles. The van der Waals surface area contributed by atoms with E-state index in [1.165, 1.54) is 49.2 Å². The Bertz CT molecular complexity index is 7250. The van der Waals surface area contributed by atoms with Gasteiger partial charge in [0.15, 0.2) is 0 Å². The van der Waals surface area contributed by atoms with Crippen molar-refractivity contribution >= 4 is 130 Å². The zero-order valence-electron chi connectivity index (χ0n) is 79.6. The monoisotopic (exact) mass is 2550 g/mol. The summed E-state index contributed by atoms with van der Waals surface area (Å²) in [4.78, 5) is 39.1. The van der Waals surface area contributed by atoms with Gasteiger partial charge >= 0.3 is 0 Å². The Kier molecular flexibility index (Phi) is 41.6. The summed E-state index contributed by atoms with van der Waals surface area (Å²) in [5.74, 6) is 2.24. The Balaban J connectivity index is 0.000000187. The minimum Gasteiger partial charge on any atom is -0.497 e. The number of rotatable bonds is 15. The van der Waals surface area contributed by atoms with Gasteiger partial charge in [-0.3, -0.25) is 19.9 Å². The van der Waals surface area contributed by atoms with Gasteiger partial charge in [0.2, 0.25) is 0 Å². The molecule has 138 heavy (non-hydrogen) atoms. The first-order valence-corrected chi connectivity index (χ1v) is 45.0. The van der Waals surface area contributed by atoms with E-state index < -0.39 is 0 Å². The van der Waals surface area contributed by atoms with Crippen LogP contribution in [0.3, 0.4) is 0 Å². The summed E-state index contributed by atoms with van der Waals surface area (Å²) >= 11 is 0. The third-order valence-electron chi connectivity index (χ3n) is 22.2. The van der Waals surface area contributed by atoms with Crippen LogP contribution in [-0.2, 0) is 80.4 Å². The zero-order chi connectivity index (χ0) is 95.4. The number of methoxy groups -OCH3 is 3. The molecule has 0 aliphatic heterocycles. The first kappa shape index (κ1) is 110. The normalized spacial score (nSPS) is 12.5. The summed E-state index contributed by atoms with van der Waals surface area (Å²) in [6.07, 6.45) is 6.26. The molecule has 4 radical (unpaired) electrons. The van der Waals surface area contributed by atoms with Crippen molar-refractivity contribution in [2.75, 3.05) is 21.3 Å². The molecule has 8 N–H and O–H groups in total. The van der Waals surface area contributed by atoms with Crippen LogP contribution < -0.4 is 14.2 Å². The molecule has 0 aliphatic carbocycles. The summed E-state index contributed by atoms with van der Waals surface area (Å²) in [7, 11) is 4.95. The molecule has 20 rings (SSSR count). The Labute approximate surface area is 859 Å². The first-order valence-electron chi connectivity index (χ1n) is 45.0. The molecule has 720 valence electrons. The number of aryl methyl sites for hydroxylation is 4. The van der Waals surface area contributed by atoms with Crippen molar-refractivity contribution < 1.29 is 135 Å². The van der Waals surface area contributed by atoms with Crippen LogP contribution in [0.15, 0.2) is 274 Å². The van der Waals surface area contributed by atoms with Crippen LogP contribution >= 0.6 is 0 Å². The van der Waals surface area contributed by atoms with E-state index in [1.807, 2.05) is 140 Å². The minimum atomic E-state index is -0.375. The van der Waals surface area contributed by atoms with Gasteiger partial charge in [0.25, 0.3) is 0 Å². The second-order valence-corrected chi connectivity index (χ2v) is 34.1. The topological polar surface area (TPSA) is 293 Å². The van der Waals surface area contributed by atoms with Crippen LogP contribution in [0.2, 0.25) is 0 Å². The fraction of sp³-hybridized carbons (Fsp3) is 0.235. The fourth-order valence-corrected chi connectivity index (χ4v) is 16.5. The van der Waals surface area contributed by atoms with Crippen LogP contribution in [0.1, 0.15) is 103 Å². The molecule has 4 heterocycles. The number of hydrogen-bond donors (Lipinski definition) is 8. The van der Waals surface area contributed by atoms with Crippen LogP contribution in [0.4, 0.5) is 0 Å². The predicted octanol–water partition coefficient (Wildman–Crippen LogP) is 23.4. The summed E-state index contributed by atoms with van der Waals surface area (Å²) in [5, 5.41) is 86.4. The molecule has 0 spiro atoms. The van der Waals surface area contributed by atoms with Crippen molar-refractivity contribution in [3.05, 3.63) is 320 Å². The van der Waals surface area contributed by atoms with Gasteiger partial charge in [0.05, 0.1) is 115 Å². The van der Waals surface area contributed by atoms with E-state index in [4.69, 9.17) is 94.9 Å². The van der Waals surface area contributed by atoms with Gasteiger partial charge in [0, 0.05) is 156 Å². The molecule has 16 aromatic carbocycles. The molecular formula is C115H114Ir4N8O11-4. The summed E-state index contributed by atoms with van der Waals surface area (Å²) in [6.45, 7) is 21.7. The van der Waals surface area contributed by atoms with Gasteiger partial charge in [-0.25, -0.2) is 0 Å². The second-order valence-electron chi connectivity index (χ2n) is 34.1. The Hall–Kier alpha value is -11.4. The quantitative estimate of drug-likeness (QED) is 0.0349. The van der Waals surface area contributed by atoms with Crippen molar-refractivity contribution in [1.29, 1.82) is 0 Å². The maximum Gasteiger partial charge on any atom is 0.123 e. The summed E-state index contributed by atoms with van der Waals surface area (Å²) in [5.41, 5.74) is 19.6. The van der Waals surface area contributed by atoms with E-state index in [2.05, 4.69) is 179 Å². The van der Waals surface area contributed by atoms with E-state index in [1.54, 1.807) is 82.9 Å². The summed E-state index contributed by atoms with van der Waals surface area (Å²) in [6, 6.07) is 97.8. The van der Waals surface area contributed by atoms with Crippen LogP contribution in [0.25, 0.3) is 175 Å². The molecule has 19 nitrogen and oxygen atoms in total. The van der Waals surface area contributed by atoms with Crippen molar-refractivity contribution in [3.63, 3.8) is 0 Å². The molecule has 20 aromatic rings. The Morgan fingerprint density at radius 2 is 0.536 bits per heavy atom. The SMILES string of the molecule is CC(O)CC(C)O.CC(O)CC(C)O.CC(O)CC(C)O.CC(O)CC(C)O.COc1cc(OC)cc(-c2cnc3c4[c-]cccc4c4ccccc4c3n2)c1.COc1cccc(-c2cnc3c4[c-]cccc4c4ccccc4c3n2)c1.Cc1c[c-]c2c(c1)c1cc(C)ccc1c1nc(-c3ccccc3)cnc21.Cc1cc(C)cc(-c2cnc3c4[c-]cccc4c4ccccc4c3n2)c1.[Ir].[Ir].[Ir].[Ir]. The molecule has 0 fully saturated rings. The second kappa shape index (κ2) is 52.1. The fourth-order valence-electron chi connectivity index (χ4n) is 16.5. The molecule has 8 atom stereocenters. The van der Waals surface area contributed by atoms with Gasteiger partial charge in [-0.2, -0.15) is 0 Å². The number of aliphatic hydroxyl groups is 8. The Morgan fingerprint density at radius 1 is 0.239 bits per heavy atom. The van der Waals surface area contributed by atoms with E-state index in [-0.39, 0.29) is 129 Å². The minimum absolute atomic E-state index is 0. The largest absolute Gasteiger partial charge is 0.497 e. The molecular weight excluding hydrogens is 2440 g/mol. The maximum absolute atomic E-state index is 8.56. The standard InChI is InChI=1S/C24H17N2O2.2C24H17N2.C23H15N2O.4C5H12O2.4Ir/c1-27-16-11-15(12-17(13-16)28-2)22-14-25-23-20-9-5-3-7-18(20)19-8-4-6-10-21(19)24(23)26-22;1-15-11-16(2)13-17(12-15)22-14-25-23-20-9-5-3-7-18(20)19-8-4-6-10-21(19)24(23)26-22;1-15-8-10-18-20(12-15)21-13-16(2)9-11-19(21)24-23(18)25-14-22(26-24)17-6-4-3-5-7-17;1-26-16-8-6-7-15(13-16)21-14-24-22-19-11-4-2-9-17(19)18-10-3-5-12-20(18)23(22)25-21;4*1-4(6)3-5(2)7;;;;/h3-8,10-14H,1-2H3;3-8,10-14H,1-2H3;3-9,11-14H,1-2H3;2-10,12-14H,1H3;4*4-7H,3H2,1-2H3;;;;/q4*-1;;;;;;;;. The smallest absolute Gasteiger partial charge is 0.123 e. The number of aliphatic hydroxyl groups excluding tert-OH is 8. The number of benzene rings is 16. The molecule has 23 heteroatoms. The number of fused-ring (bicyclic) bond motifs is 24. The number of nitrogens with zero attached hydrogens (tertiary/aromatic N) is 8. The predicted molar refractivity (Wildman–Crippen MR) is 546 cm³/mol. The average Bonchev–Trinajstić information content (AvgIpc) is 0.738. The van der Waals surface area contributed by atoms with Crippen LogP contribution in [0.5, 0.6) is 17.2 Å². The third-order valence-corrected chi connectivity index (χ3v) is 22.2. The maximum atomic E-state index is 8.56. The number of aromatic nitrogens is 8. The summed E-state index contributed by atoms with van der Waals surface area (Å²) < 4.78 is 16.1. The number of ether oxygens (including phenoxy) is 3. The van der Waals surface area contributed by atoms with Gasteiger partial charge in [-0.05, 0) is 160 Å². The molecule has 0 aliphatic rings. The van der Waals surface area contributed by atoms with Crippen molar-refractivity contribution in [3.8, 4) is 62.3 Å². The van der Waals surface area contributed by atoms with E-state index in [0.717, 1.165) is 154 Å². The van der Waals surface area contributed by atoms with Crippen LogP contribution in [0, 0.1) is 52.0 Å². The van der Waals surface area contributed by atoms with Crippen molar-refractivity contribution in [2.45, 2.75) is 158 Å². The van der Waals surface area contributed by atoms with Gasteiger partial charge in [0.1, 0.15) is 17.2 Å². The molecule has 0 bridgehead atoms. The van der Waals surface area contributed by atoms with Gasteiger partial charge in [-0.15, -0.1) is 118 Å². The molecule has 8 unspecified atom stereocenters. The Morgan fingerprint density at radius 3 is 0.891 bits per heavy atom.